The summed E-state index contributed by atoms with van der Waals surface area (Å²) in [5.74, 6) is 4.59. The van der Waals surface area contributed by atoms with Crippen molar-refractivity contribution in [2.45, 2.75) is 185 Å². The minimum absolute atomic E-state index is 0. The van der Waals surface area contributed by atoms with Gasteiger partial charge in [0.25, 0.3) is 0 Å². The molecule has 18 atom stereocenters. The van der Waals surface area contributed by atoms with Gasteiger partial charge in [-0.05, 0) is 92.8 Å². The molecule has 52 heavy (non-hydrogen) atoms. The smallest absolute Gasteiger partial charge is 0.668 e. The van der Waals surface area contributed by atoms with Crippen molar-refractivity contribution in [1.29, 1.82) is 0 Å². The van der Waals surface area contributed by atoms with Crippen LogP contribution in [0.15, 0.2) is 0 Å². The van der Waals surface area contributed by atoms with E-state index in [1.165, 1.54) is 103 Å². The molecular formula is C41H73CuN9O. The first kappa shape index (κ1) is 39.9. The second kappa shape index (κ2) is 17.9. The first-order valence-electron chi connectivity index (χ1n) is 22.1. The Bertz CT molecular complexity index is 1160. The summed E-state index contributed by atoms with van der Waals surface area (Å²) in [6.07, 6.45) is 26.1. The number of fused-ring (bicyclic) bond motifs is 20. The van der Waals surface area contributed by atoms with Crippen molar-refractivity contribution in [2.24, 2.45) is 59.2 Å². The van der Waals surface area contributed by atoms with E-state index in [0.717, 1.165) is 19.3 Å². The van der Waals surface area contributed by atoms with Gasteiger partial charge in [-0.25, -0.2) is 0 Å². The van der Waals surface area contributed by atoms with Gasteiger partial charge in [0.2, 0.25) is 0 Å². The molecule has 1 amide bonds. The molecule has 9 fully saturated rings. The van der Waals surface area contributed by atoms with Crippen molar-refractivity contribution in [3.05, 3.63) is 12.7 Å². The number of hydrogen-bond donors (Lipinski definition) is 8. The van der Waals surface area contributed by atoms with Crippen molar-refractivity contribution in [1.82, 2.24) is 42.5 Å². The van der Waals surface area contributed by atoms with Crippen LogP contribution in [-0.4, -0.2) is 55.2 Å². The van der Waals surface area contributed by atoms with E-state index in [-0.39, 0.29) is 59.5 Å². The van der Waals surface area contributed by atoms with Gasteiger partial charge in [-0.15, -0.1) is 0 Å². The second-order valence-corrected chi connectivity index (χ2v) is 18.6. The molecule has 5 aliphatic heterocycles. The van der Waals surface area contributed by atoms with Gasteiger partial charge in [-0.1, -0.05) is 84.5 Å². The molecular weight excluding hydrogens is 698 g/mol. The van der Waals surface area contributed by atoms with E-state index in [0.29, 0.717) is 72.0 Å². The van der Waals surface area contributed by atoms with Gasteiger partial charge in [0.05, 0.1) is 55.2 Å². The minimum atomic E-state index is -0.357. The molecule has 11 heteroatoms. The van der Waals surface area contributed by atoms with E-state index < -0.39 is 0 Å². The van der Waals surface area contributed by atoms with Crippen molar-refractivity contribution >= 4 is 5.91 Å². The zero-order valence-corrected chi connectivity index (χ0v) is 33.2. The molecule has 9 aliphatic rings. The fourth-order valence-corrected chi connectivity index (χ4v) is 13.1. The Kier molecular flexibility index (Phi) is 13.7. The molecule has 5 heterocycles. The zero-order chi connectivity index (χ0) is 35.1. The van der Waals surface area contributed by atoms with Gasteiger partial charge in [-0.2, -0.15) is 5.92 Å². The number of nitrogens with one attached hydrogen (secondary N) is 9. The van der Waals surface area contributed by atoms with Crippen LogP contribution in [0.3, 0.4) is 0 Å². The third-order valence-corrected chi connectivity index (χ3v) is 15.8. The Morgan fingerprint density at radius 1 is 0.538 bits per heavy atom. The molecule has 1 radical (unpaired) electrons. The molecule has 0 aromatic rings. The van der Waals surface area contributed by atoms with Crippen LogP contribution < -0.4 is 42.5 Å². The molecule has 8 bridgehead atoms. The Morgan fingerprint density at radius 2 is 0.865 bits per heavy atom. The zero-order valence-electron chi connectivity index (χ0n) is 32.2. The van der Waals surface area contributed by atoms with Gasteiger partial charge in [-0.3, -0.25) is 42.5 Å². The Morgan fingerprint density at radius 3 is 1.19 bits per heavy atom. The van der Waals surface area contributed by atoms with Crippen LogP contribution in [0.2, 0.25) is 0 Å². The fourth-order valence-electron chi connectivity index (χ4n) is 13.1. The van der Waals surface area contributed by atoms with Crippen molar-refractivity contribution in [3.63, 3.8) is 0 Å². The largest absolute Gasteiger partial charge is 2.00 e. The Balaban J connectivity index is 0.000000422. The second-order valence-electron chi connectivity index (χ2n) is 18.6. The summed E-state index contributed by atoms with van der Waals surface area (Å²) in [6.45, 7) is 8.42. The van der Waals surface area contributed by atoms with Crippen LogP contribution in [0.1, 0.15) is 136 Å². The Labute approximate surface area is 326 Å². The van der Waals surface area contributed by atoms with Gasteiger partial charge in [0, 0.05) is 11.8 Å². The van der Waals surface area contributed by atoms with E-state index in [9.17, 15) is 4.79 Å². The number of carbonyl (C=O) groups excluding carboxylic acids is 1. The quantitative estimate of drug-likeness (QED) is 0.136. The summed E-state index contributed by atoms with van der Waals surface area (Å²) in [5.41, 5.74) is 8.25. The maximum Gasteiger partial charge on any atom is 2.00 e. The summed E-state index contributed by atoms with van der Waals surface area (Å²) in [5, 5.41) is 33.1. The van der Waals surface area contributed by atoms with Crippen LogP contribution in [0.25, 0.3) is 5.73 Å². The van der Waals surface area contributed by atoms with E-state index in [4.69, 9.17) is 5.73 Å². The number of rotatable bonds is 5. The normalized spacial score (nSPS) is 48.5. The summed E-state index contributed by atoms with van der Waals surface area (Å²) in [6, 6.07) is 0. The standard InChI is InChI=1S/C33H57N9O.C8H17.Cu/c34-25(43)22-14-7-15-23-24(22)33-41-31-21-13-6-5-12-20(21)29(39-31)37-27-17-9-2-1-8-16(17)26(35-27)36-28-18-10-3-4-11-19(18)30(38-28)40-32(23)42-33;1-4-6-7-8(3)5-2;/h16-24,26-33,35-42H,1-15H2,(H2,34,43);8H,3-7H2,1-2H3;/q;-1;+2/p-1. The summed E-state index contributed by atoms with van der Waals surface area (Å²) in [4.78, 5) is 12.7. The third-order valence-electron chi connectivity index (χ3n) is 15.8. The SMILES string of the molecule is [CH2-]C(CC)CCCC.[Cu+2].[NH-]C(=O)C1CCCC2C3NC4NC(NC5NC(NC6NC(NC(N3)C12)C1CCCCC61)C1CCCCC51)C1CCCCC41. The van der Waals surface area contributed by atoms with Crippen molar-refractivity contribution in [3.8, 4) is 0 Å². The third kappa shape index (κ3) is 8.08. The molecule has 299 valence electrons. The van der Waals surface area contributed by atoms with Crippen LogP contribution in [-0.2, 0) is 21.9 Å². The maximum atomic E-state index is 12.7. The van der Waals surface area contributed by atoms with Crippen LogP contribution in [0.4, 0.5) is 0 Å². The monoisotopic (exact) mass is 771 g/mol. The number of hydrogen-bond acceptors (Lipinski definition) is 9. The molecule has 0 aromatic carbocycles. The molecule has 0 spiro atoms. The van der Waals surface area contributed by atoms with E-state index in [2.05, 4.69) is 63.3 Å². The van der Waals surface area contributed by atoms with Crippen molar-refractivity contribution in [2.75, 3.05) is 0 Å². The topological polar surface area (TPSA) is 137 Å². The first-order valence-corrected chi connectivity index (χ1v) is 22.1. The van der Waals surface area contributed by atoms with E-state index >= 15 is 0 Å². The molecule has 9 rings (SSSR count). The van der Waals surface area contributed by atoms with Gasteiger partial charge in [0.15, 0.2) is 0 Å². The van der Waals surface area contributed by atoms with Crippen LogP contribution >= 0.6 is 0 Å². The summed E-state index contributed by atoms with van der Waals surface area (Å²) >= 11 is 0. The molecule has 5 saturated heterocycles. The van der Waals surface area contributed by atoms with Gasteiger partial charge in [0.1, 0.15) is 0 Å². The maximum absolute atomic E-state index is 12.7. The number of unbranched alkanes of at least 4 members (excludes halogenated alkanes) is 1. The minimum Gasteiger partial charge on any atom is -0.668 e. The molecule has 18 unspecified atom stereocenters. The molecule has 4 aliphatic carbocycles. The fraction of sp³-hybridized carbons (Fsp3) is 0.951. The molecule has 9 N–H and O–H groups in total. The average Bonchev–Trinajstić information content (AvgIpc) is 3.89. The average molecular weight is 772 g/mol. The van der Waals surface area contributed by atoms with Crippen molar-refractivity contribution < 1.29 is 21.9 Å². The molecule has 0 aromatic heterocycles. The summed E-state index contributed by atoms with van der Waals surface area (Å²) in [7, 11) is 0. The summed E-state index contributed by atoms with van der Waals surface area (Å²) < 4.78 is 0. The molecule has 4 saturated carbocycles. The van der Waals surface area contributed by atoms with Gasteiger partial charge >= 0.3 is 17.1 Å². The predicted molar refractivity (Wildman–Crippen MR) is 204 cm³/mol. The van der Waals surface area contributed by atoms with E-state index in [1.54, 1.807) is 0 Å². The number of carbonyl (C=O) groups is 1. The van der Waals surface area contributed by atoms with Gasteiger partial charge < -0.3 is 17.5 Å². The first-order chi connectivity index (χ1) is 24.9. The molecule has 10 nitrogen and oxygen atoms in total. The number of amides is 1. The Hall–Kier alpha value is -0.331. The van der Waals surface area contributed by atoms with E-state index in [1.807, 2.05) is 0 Å². The van der Waals surface area contributed by atoms with Crippen LogP contribution in [0.5, 0.6) is 0 Å². The van der Waals surface area contributed by atoms with Crippen LogP contribution in [0, 0.1) is 66.1 Å². The predicted octanol–water partition coefficient (Wildman–Crippen LogP) is 5.44.